The van der Waals surface area contributed by atoms with Crippen molar-refractivity contribution in [1.29, 1.82) is 0 Å². The monoisotopic (exact) mass is 482 g/mol. The highest BCUT2D eigenvalue weighted by Gasteiger charge is 2.30. The number of fused-ring (bicyclic) bond motifs is 1. The summed E-state index contributed by atoms with van der Waals surface area (Å²) in [6.07, 6.45) is 5.04. The first-order valence-corrected chi connectivity index (χ1v) is 11.5. The van der Waals surface area contributed by atoms with Crippen LogP contribution >= 0.6 is 22.9 Å². The maximum atomic E-state index is 14.3. The molecule has 168 valence electrons. The lowest BCUT2D eigenvalue weighted by atomic mass is 10.0. The van der Waals surface area contributed by atoms with Gasteiger partial charge in [-0.1, -0.05) is 71.5 Å². The molecule has 1 atom stereocenters. The number of carbonyl (C=O) groups is 1. The molecule has 1 aliphatic rings. The molecule has 8 heteroatoms. The zero-order valence-corrected chi connectivity index (χ0v) is 19.5. The lowest BCUT2D eigenvalue weighted by Gasteiger charge is -2.21. The third kappa shape index (κ3) is 4.60. The third-order valence-corrected chi connectivity index (χ3v) is 6.42. The highest BCUT2D eigenvalue weighted by molar-refractivity contribution is 7.07. The van der Waals surface area contributed by atoms with Gasteiger partial charge in [-0.3, -0.25) is 9.36 Å². The van der Waals surface area contributed by atoms with E-state index in [4.69, 9.17) is 16.3 Å². The molecule has 0 radical (unpaired) electrons. The molecule has 4 rings (SSSR count). The van der Waals surface area contributed by atoms with Gasteiger partial charge in [-0.2, -0.15) is 0 Å². The molecule has 0 saturated carbocycles. The SMILES string of the molecule is CCOC(=O)C1=C(C)N=c2s/c(=C/c3c(F)cccc3Cl)c(=O)n2[C@@H]1/C=C/c1ccccc1. The van der Waals surface area contributed by atoms with Crippen LogP contribution in [0.25, 0.3) is 12.2 Å². The van der Waals surface area contributed by atoms with E-state index in [2.05, 4.69) is 4.99 Å². The van der Waals surface area contributed by atoms with Crippen LogP contribution < -0.4 is 14.9 Å². The van der Waals surface area contributed by atoms with E-state index in [1.54, 1.807) is 26.0 Å². The number of thiazole rings is 1. The zero-order chi connectivity index (χ0) is 23.5. The van der Waals surface area contributed by atoms with Gasteiger partial charge in [-0.05, 0) is 37.6 Å². The molecule has 1 aliphatic heterocycles. The summed E-state index contributed by atoms with van der Waals surface area (Å²) in [5.74, 6) is -1.06. The first kappa shape index (κ1) is 22.9. The molecule has 0 fully saturated rings. The van der Waals surface area contributed by atoms with Gasteiger partial charge >= 0.3 is 5.97 Å². The second-order valence-corrected chi connectivity index (χ2v) is 8.67. The van der Waals surface area contributed by atoms with Gasteiger partial charge in [0.05, 0.1) is 33.5 Å². The highest BCUT2D eigenvalue weighted by Crippen LogP contribution is 2.26. The summed E-state index contributed by atoms with van der Waals surface area (Å²) < 4.78 is 21.3. The van der Waals surface area contributed by atoms with E-state index in [9.17, 15) is 14.0 Å². The second-order valence-electron chi connectivity index (χ2n) is 7.25. The van der Waals surface area contributed by atoms with Crippen molar-refractivity contribution in [3.63, 3.8) is 0 Å². The second kappa shape index (κ2) is 9.68. The Labute approximate surface area is 198 Å². The summed E-state index contributed by atoms with van der Waals surface area (Å²) >= 11 is 7.26. The molecule has 0 spiro atoms. The Morgan fingerprint density at radius 1 is 1.24 bits per heavy atom. The van der Waals surface area contributed by atoms with E-state index in [-0.39, 0.29) is 27.3 Å². The Morgan fingerprint density at radius 3 is 2.70 bits per heavy atom. The molecule has 0 N–H and O–H groups in total. The number of ether oxygens (including phenoxy) is 1. The largest absolute Gasteiger partial charge is 0.463 e. The molecular formula is C25H20ClFN2O3S. The quantitative estimate of drug-likeness (QED) is 0.511. The van der Waals surface area contributed by atoms with Crippen molar-refractivity contribution in [2.24, 2.45) is 4.99 Å². The average molecular weight is 483 g/mol. The van der Waals surface area contributed by atoms with Gasteiger partial charge in [0.25, 0.3) is 5.56 Å². The summed E-state index contributed by atoms with van der Waals surface area (Å²) in [5, 5.41) is 0.199. The Bertz CT molecular complexity index is 1430. The van der Waals surface area contributed by atoms with Crippen molar-refractivity contribution in [3.05, 3.63) is 108 Å². The predicted molar refractivity (Wildman–Crippen MR) is 128 cm³/mol. The maximum absolute atomic E-state index is 14.3. The van der Waals surface area contributed by atoms with Crippen molar-refractivity contribution < 1.29 is 13.9 Å². The average Bonchev–Trinajstić information content (AvgIpc) is 3.10. The van der Waals surface area contributed by atoms with Crippen LogP contribution in [-0.2, 0) is 9.53 Å². The number of hydrogen-bond donors (Lipinski definition) is 0. The fourth-order valence-electron chi connectivity index (χ4n) is 3.56. The first-order valence-electron chi connectivity index (χ1n) is 10.3. The van der Waals surface area contributed by atoms with E-state index in [1.807, 2.05) is 36.4 Å². The minimum atomic E-state index is -0.723. The summed E-state index contributed by atoms with van der Waals surface area (Å²) in [6.45, 7) is 3.62. The molecule has 0 aliphatic carbocycles. The number of rotatable bonds is 5. The summed E-state index contributed by atoms with van der Waals surface area (Å²) in [5.41, 5.74) is 1.40. The van der Waals surface area contributed by atoms with E-state index < -0.39 is 23.4 Å². The van der Waals surface area contributed by atoms with Crippen molar-refractivity contribution in [3.8, 4) is 0 Å². The van der Waals surface area contributed by atoms with Crippen LogP contribution in [0.4, 0.5) is 4.39 Å². The summed E-state index contributed by atoms with van der Waals surface area (Å²) in [6, 6.07) is 13.2. The van der Waals surface area contributed by atoms with Crippen LogP contribution in [0.3, 0.4) is 0 Å². The topological polar surface area (TPSA) is 60.7 Å². The Hall–Kier alpha value is -3.29. The molecular weight excluding hydrogens is 463 g/mol. The van der Waals surface area contributed by atoms with Crippen molar-refractivity contribution in [1.82, 2.24) is 4.57 Å². The van der Waals surface area contributed by atoms with E-state index in [0.29, 0.717) is 10.5 Å². The number of aromatic nitrogens is 1. The number of benzene rings is 2. The molecule has 1 aromatic heterocycles. The number of nitrogens with zero attached hydrogens (tertiary/aromatic N) is 2. The predicted octanol–water partition coefficient (Wildman–Crippen LogP) is 4.26. The summed E-state index contributed by atoms with van der Waals surface area (Å²) in [4.78, 5) is 31.1. The molecule has 0 amide bonds. The van der Waals surface area contributed by atoms with E-state index >= 15 is 0 Å². The fourth-order valence-corrected chi connectivity index (χ4v) is 4.82. The van der Waals surface area contributed by atoms with Crippen LogP contribution in [0.15, 0.2) is 75.7 Å². The number of carbonyl (C=O) groups excluding carboxylic acids is 1. The van der Waals surface area contributed by atoms with E-state index in [1.165, 1.54) is 22.8 Å². The maximum Gasteiger partial charge on any atom is 0.338 e. The van der Waals surface area contributed by atoms with Gasteiger partial charge in [0.15, 0.2) is 4.80 Å². The fraction of sp³-hybridized carbons (Fsp3) is 0.160. The number of allylic oxidation sites excluding steroid dienone is 2. The van der Waals surface area contributed by atoms with Crippen LogP contribution in [-0.4, -0.2) is 17.1 Å². The van der Waals surface area contributed by atoms with Gasteiger partial charge in [0.2, 0.25) is 0 Å². The molecule has 3 aromatic rings. The molecule has 0 saturated heterocycles. The first-order chi connectivity index (χ1) is 15.9. The normalized spacial score (nSPS) is 16.1. The standard InChI is InChI=1S/C25H20ClFN2O3S/c1-3-32-24(31)22-15(2)28-25-29(20(22)13-12-16-8-5-4-6-9-16)23(30)21(33-25)14-17-18(26)10-7-11-19(17)27/h4-14,20H,3H2,1-2H3/b13-12+,21-14+/t20-/m1/s1. The Morgan fingerprint density at radius 2 is 2.00 bits per heavy atom. The highest BCUT2D eigenvalue weighted by atomic mass is 35.5. The minimum absolute atomic E-state index is 0.127. The molecule has 2 heterocycles. The molecule has 33 heavy (non-hydrogen) atoms. The molecule has 0 unspecified atom stereocenters. The van der Waals surface area contributed by atoms with Gasteiger partial charge in [0.1, 0.15) is 5.82 Å². The van der Waals surface area contributed by atoms with Gasteiger partial charge in [-0.15, -0.1) is 0 Å². The number of halogens is 2. The van der Waals surface area contributed by atoms with Gasteiger partial charge in [0, 0.05) is 5.56 Å². The number of hydrogen-bond acceptors (Lipinski definition) is 5. The van der Waals surface area contributed by atoms with Crippen molar-refractivity contribution >= 4 is 41.1 Å². The van der Waals surface area contributed by atoms with Crippen LogP contribution in [0.1, 0.15) is 31.0 Å². The Balaban J connectivity index is 1.91. The van der Waals surface area contributed by atoms with E-state index in [0.717, 1.165) is 16.9 Å². The smallest absolute Gasteiger partial charge is 0.338 e. The summed E-state index contributed by atoms with van der Waals surface area (Å²) in [7, 11) is 0. The van der Waals surface area contributed by atoms with Crippen LogP contribution in [0.5, 0.6) is 0 Å². The van der Waals surface area contributed by atoms with Crippen molar-refractivity contribution in [2.45, 2.75) is 19.9 Å². The third-order valence-electron chi connectivity index (χ3n) is 5.11. The van der Waals surface area contributed by atoms with Crippen LogP contribution in [0.2, 0.25) is 5.02 Å². The minimum Gasteiger partial charge on any atom is -0.463 e. The van der Waals surface area contributed by atoms with Crippen LogP contribution in [0, 0.1) is 5.82 Å². The lowest BCUT2D eigenvalue weighted by molar-refractivity contribution is -0.139. The molecule has 5 nitrogen and oxygen atoms in total. The Kier molecular flexibility index (Phi) is 6.72. The lowest BCUT2D eigenvalue weighted by Crippen LogP contribution is -2.38. The molecule has 0 bridgehead atoms. The zero-order valence-electron chi connectivity index (χ0n) is 17.9. The molecule has 2 aromatic carbocycles. The van der Waals surface area contributed by atoms with Crippen molar-refractivity contribution in [2.75, 3.05) is 6.61 Å². The van der Waals surface area contributed by atoms with Gasteiger partial charge in [-0.25, -0.2) is 14.2 Å². The van der Waals surface area contributed by atoms with Gasteiger partial charge < -0.3 is 4.74 Å². The number of esters is 1.